The molecular formula is C22H26N2O4. The van der Waals surface area contributed by atoms with Crippen LogP contribution in [-0.2, 0) is 28.7 Å². The van der Waals surface area contributed by atoms with Gasteiger partial charge in [0.1, 0.15) is 5.41 Å². The first-order valence-corrected chi connectivity index (χ1v) is 9.84. The van der Waals surface area contributed by atoms with Gasteiger partial charge in [0.2, 0.25) is 0 Å². The minimum atomic E-state index is -1.16. The fourth-order valence-electron chi connectivity index (χ4n) is 6.31. The molecule has 148 valence electrons. The maximum Gasteiger partial charge on any atom is 0.316 e. The molecule has 6 heteroatoms. The number of allylic oxidation sites excluding steroid dienone is 1. The summed E-state index contributed by atoms with van der Waals surface area (Å²) >= 11 is 0. The van der Waals surface area contributed by atoms with Gasteiger partial charge in [-0.25, -0.2) is 0 Å². The molecule has 1 aromatic carbocycles. The third kappa shape index (κ3) is 1.81. The molecule has 6 rings (SSSR count). The summed E-state index contributed by atoms with van der Waals surface area (Å²) in [7, 11) is 3.38. The Morgan fingerprint density at radius 3 is 2.82 bits per heavy atom. The SMILES string of the molecule is CC=C1CN2[C@H]3Cc4c(n(C)c5ccccc45)[C@]2(O)C[C@H]1[C@]3(CO)C(=O)OC. The van der Waals surface area contributed by atoms with Crippen molar-refractivity contribution in [2.75, 3.05) is 20.3 Å². The Bertz CT molecular complexity index is 1020. The fourth-order valence-corrected chi connectivity index (χ4v) is 6.31. The quantitative estimate of drug-likeness (QED) is 0.611. The minimum Gasteiger partial charge on any atom is -0.468 e. The summed E-state index contributed by atoms with van der Waals surface area (Å²) in [6.45, 7) is 2.26. The van der Waals surface area contributed by atoms with Crippen molar-refractivity contribution in [1.82, 2.24) is 9.47 Å². The van der Waals surface area contributed by atoms with Crippen molar-refractivity contribution >= 4 is 16.9 Å². The van der Waals surface area contributed by atoms with Crippen LogP contribution in [0.3, 0.4) is 0 Å². The molecule has 2 aromatic rings. The number of carbonyl (C=O) groups is 1. The van der Waals surface area contributed by atoms with Gasteiger partial charge in [0.15, 0.2) is 5.72 Å². The lowest BCUT2D eigenvalue weighted by atomic mass is 9.54. The molecule has 2 N–H and O–H groups in total. The molecule has 3 fully saturated rings. The number of rotatable bonds is 2. The second-order valence-corrected chi connectivity index (χ2v) is 8.38. The second-order valence-electron chi connectivity index (χ2n) is 8.38. The van der Waals surface area contributed by atoms with Crippen LogP contribution in [-0.4, -0.2) is 52.0 Å². The van der Waals surface area contributed by atoms with Gasteiger partial charge in [0.25, 0.3) is 0 Å². The van der Waals surface area contributed by atoms with Gasteiger partial charge >= 0.3 is 5.97 Å². The molecule has 4 bridgehead atoms. The van der Waals surface area contributed by atoms with Crippen molar-refractivity contribution in [3.05, 3.63) is 47.2 Å². The average Bonchev–Trinajstić information content (AvgIpc) is 3.00. The highest BCUT2D eigenvalue weighted by Crippen LogP contribution is 2.61. The Hall–Kier alpha value is -2.15. The van der Waals surface area contributed by atoms with Gasteiger partial charge in [-0.1, -0.05) is 29.8 Å². The summed E-state index contributed by atoms with van der Waals surface area (Å²) in [6.07, 6.45) is 2.99. The van der Waals surface area contributed by atoms with Gasteiger partial charge in [-0.3, -0.25) is 9.69 Å². The normalized spacial score (nSPS) is 37.3. The third-order valence-electron chi connectivity index (χ3n) is 7.54. The van der Waals surface area contributed by atoms with E-state index in [2.05, 4.69) is 16.7 Å². The summed E-state index contributed by atoms with van der Waals surface area (Å²) in [6, 6.07) is 7.83. The van der Waals surface area contributed by atoms with Crippen LogP contribution in [0.15, 0.2) is 35.9 Å². The lowest BCUT2D eigenvalue weighted by Gasteiger charge is -2.65. The number of aryl methyl sites for hydroxylation is 1. The minimum absolute atomic E-state index is 0.249. The van der Waals surface area contributed by atoms with E-state index in [0.29, 0.717) is 19.4 Å². The molecule has 5 atom stereocenters. The van der Waals surface area contributed by atoms with Gasteiger partial charge in [-0.15, -0.1) is 0 Å². The summed E-state index contributed by atoms with van der Waals surface area (Å²) in [4.78, 5) is 15.1. The second kappa shape index (κ2) is 5.69. The van der Waals surface area contributed by atoms with Crippen molar-refractivity contribution < 1.29 is 19.7 Å². The number of methoxy groups -OCH3 is 1. The molecule has 0 spiro atoms. The topological polar surface area (TPSA) is 74.9 Å². The van der Waals surface area contributed by atoms with E-state index in [0.717, 1.165) is 27.7 Å². The zero-order chi connectivity index (χ0) is 19.8. The number of fused-ring (bicyclic) bond motifs is 4. The fraction of sp³-hybridized carbons (Fsp3) is 0.500. The number of esters is 1. The summed E-state index contributed by atoms with van der Waals surface area (Å²) in [5.41, 5.74) is 1.94. The third-order valence-corrected chi connectivity index (χ3v) is 7.54. The number of para-hydroxylation sites is 1. The maximum absolute atomic E-state index is 13.0. The summed E-state index contributed by atoms with van der Waals surface area (Å²) < 4.78 is 7.29. The van der Waals surface area contributed by atoms with Gasteiger partial charge in [0.05, 0.1) is 19.4 Å². The van der Waals surface area contributed by atoms with E-state index >= 15 is 0 Å². The predicted octanol–water partition coefficient (Wildman–Crippen LogP) is 1.68. The average molecular weight is 382 g/mol. The van der Waals surface area contributed by atoms with E-state index < -0.39 is 11.1 Å². The van der Waals surface area contributed by atoms with Crippen molar-refractivity contribution in [2.24, 2.45) is 18.4 Å². The lowest BCUT2D eigenvalue weighted by Crippen LogP contribution is -2.75. The Kier molecular flexibility index (Phi) is 3.64. The Balaban J connectivity index is 1.81. The molecule has 28 heavy (non-hydrogen) atoms. The first-order chi connectivity index (χ1) is 13.4. The predicted molar refractivity (Wildman–Crippen MR) is 104 cm³/mol. The number of aliphatic hydroxyl groups is 2. The summed E-state index contributed by atoms with van der Waals surface area (Å²) in [5, 5.41) is 23.6. The molecular weight excluding hydrogens is 356 g/mol. The molecule has 4 aliphatic rings. The number of nitrogens with zero attached hydrogens (tertiary/aromatic N) is 2. The Morgan fingerprint density at radius 2 is 2.14 bits per heavy atom. The van der Waals surface area contributed by atoms with Crippen LogP contribution in [0.25, 0.3) is 10.9 Å². The zero-order valence-electron chi connectivity index (χ0n) is 16.5. The molecule has 4 aliphatic heterocycles. The van der Waals surface area contributed by atoms with Crippen molar-refractivity contribution in [1.29, 1.82) is 0 Å². The molecule has 3 saturated heterocycles. The largest absolute Gasteiger partial charge is 0.468 e. The van der Waals surface area contributed by atoms with Crippen LogP contribution in [0, 0.1) is 11.3 Å². The number of aromatic nitrogens is 1. The van der Waals surface area contributed by atoms with Crippen LogP contribution in [0.1, 0.15) is 24.6 Å². The van der Waals surface area contributed by atoms with Gasteiger partial charge in [-0.2, -0.15) is 0 Å². The van der Waals surface area contributed by atoms with E-state index in [1.807, 2.05) is 37.1 Å². The smallest absolute Gasteiger partial charge is 0.316 e. The van der Waals surface area contributed by atoms with Crippen LogP contribution in [0.5, 0.6) is 0 Å². The monoisotopic (exact) mass is 382 g/mol. The number of benzene rings is 1. The van der Waals surface area contributed by atoms with E-state index in [1.54, 1.807) is 0 Å². The van der Waals surface area contributed by atoms with E-state index in [4.69, 9.17) is 4.74 Å². The number of hydrogen-bond acceptors (Lipinski definition) is 5. The molecule has 0 radical (unpaired) electrons. The van der Waals surface area contributed by atoms with Crippen molar-refractivity contribution in [3.8, 4) is 0 Å². The van der Waals surface area contributed by atoms with Crippen LogP contribution < -0.4 is 0 Å². The highest BCUT2D eigenvalue weighted by Gasteiger charge is 2.69. The van der Waals surface area contributed by atoms with Gasteiger partial charge < -0.3 is 19.5 Å². The molecule has 0 aliphatic carbocycles. The molecule has 0 saturated carbocycles. The maximum atomic E-state index is 13.0. The lowest BCUT2D eigenvalue weighted by molar-refractivity contribution is -0.253. The van der Waals surface area contributed by atoms with E-state index in [-0.39, 0.29) is 24.5 Å². The molecule has 6 nitrogen and oxygen atoms in total. The van der Waals surface area contributed by atoms with Crippen LogP contribution in [0.2, 0.25) is 0 Å². The van der Waals surface area contributed by atoms with Gasteiger partial charge in [0, 0.05) is 42.9 Å². The Morgan fingerprint density at radius 1 is 1.39 bits per heavy atom. The first kappa shape index (κ1) is 17.9. The van der Waals surface area contributed by atoms with Crippen LogP contribution >= 0.6 is 0 Å². The highest BCUT2D eigenvalue weighted by molar-refractivity contribution is 5.87. The van der Waals surface area contributed by atoms with Crippen molar-refractivity contribution in [3.63, 3.8) is 0 Å². The number of aliphatic hydroxyl groups excluding tert-OH is 1. The van der Waals surface area contributed by atoms with E-state index in [1.165, 1.54) is 7.11 Å². The standard InChI is InChI=1S/C22H26N2O4/c1-4-13-11-24-18-9-15-14-7-5-6-8-17(14)23(2)19(15)22(24,27)10-16(13)21(18,12-25)20(26)28-3/h4-8,16,18,25,27H,9-12H2,1-3H3/t16-,18+,21+,22-/m1/s1. The first-order valence-electron chi connectivity index (χ1n) is 9.84. The van der Waals surface area contributed by atoms with Gasteiger partial charge in [-0.05, 0) is 25.0 Å². The zero-order valence-corrected chi connectivity index (χ0v) is 16.5. The van der Waals surface area contributed by atoms with Crippen molar-refractivity contribution in [2.45, 2.75) is 31.5 Å². The molecule has 0 amide bonds. The molecule has 1 unspecified atom stereocenters. The number of carbonyl (C=O) groups excluding carboxylic acids is 1. The van der Waals surface area contributed by atoms with Crippen LogP contribution in [0.4, 0.5) is 0 Å². The number of piperidine rings is 3. The van der Waals surface area contributed by atoms with E-state index in [9.17, 15) is 15.0 Å². The highest BCUT2D eigenvalue weighted by atomic mass is 16.5. The molecule has 5 heterocycles. The summed E-state index contributed by atoms with van der Waals surface area (Å²) in [5.74, 6) is -0.638. The number of ether oxygens (including phenoxy) is 1. The molecule has 1 aromatic heterocycles. The number of hydrogen-bond donors (Lipinski definition) is 2. The Labute approximate surface area is 164 Å².